The summed E-state index contributed by atoms with van der Waals surface area (Å²) in [5.41, 5.74) is 1.00. The van der Waals surface area contributed by atoms with Crippen molar-refractivity contribution in [2.45, 2.75) is 45.4 Å². The van der Waals surface area contributed by atoms with Gasteiger partial charge in [0.25, 0.3) is 0 Å². The monoisotopic (exact) mass is 412 g/mol. The molecule has 3 rings (SSSR count). The minimum absolute atomic E-state index is 0.00597. The van der Waals surface area contributed by atoms with Gasteiger partial charge in [-0.05, 0) is 30.9 Å². The van der Waals surface area contributed by atoms with E-state index in [1.165, 1.54) is 24.2 Å². The molecule has 1 N–H and O–H groups in total. The zero-order chi connectivity index (χ0) is 20.5. The van der Waals surface area contributed by atoms with Crippen molar-refractivity contribution in [2.75, 3.05) is 18.4 Å². The molecule has 1 aliphatic heterocycles. The van der Waals surface area contributed by atoms with Crippen molar-refractivity contribution < 1.29 is 9.59 Å². The smallest absolute Gasteiger partial charge is 0.246 e. The second kappa shape index (κ2) is 10.9. The number of hydrogen-bond donors (Lipinski definition) is 1. The highest BCUT2D eigenvalue weighted by atomic mass is 32.1. The summed E-state index contributed by atoms with van der Waals surface area (Å²) in [4.78, 5) is 26.7. The summed E-state index contributed by atoms with van der Waals surface area (Å²) in [6, 6.07) is 9.76. The highest BCUT2D eigenvalue weighted by Gasteiger charge is 2.27. The summed E-state index contributed by atoms with van der Waals surface area (Å²) >= 11 is 1.46. The highest BCUT2D eigenvalue weighted by molar-refractivity contribution is 7.15. The number of aryl methyl sites for hydroxylation is 1. The van der Waals surface area contributed by atoms with E-state index in [1.54, 1.807) is 11.0 Å². The Kier molecular flexibility index (Phi) is 7.93. The number of rotatable bonds is 8. The Hall–Kier alpha value is -2.54. The standard InChI is InChI=1S/C22H28N4O2S/c1-2-3-5-10-19-24-25-22(29-19)23-21(28)18-13-15-26(16-14-18)20(27)12-11-17-8-6-4-7-9-17/h4,6-9,11-12,18H,2-3,5,10,13-16H2,1H3,(H,23,25,28). The van der Waals surface area contributed by atoms with Crippen LogP contribution in [0.25, 0.3) is 6.08 Å². The minimum atomic E-state index is -0.0930. The van der Waals surface area contributed by atoms with Crippen molar-refractivity contribution in [1.82, 2.24) is 15.1 Å². The number of anilines is 1. The number of carbonyl (C=O) groups excluding carboxylic acids is 2. The van der Waals surface area contributed by atoms with Gasteiger partial charge < -0.3 is 10.2 Å². The molecule has 2 heterocycles. The molecule has 2 aromatic rings. The van der Waals surface area contributed by atoms with Gasteiger partial charge in [0, 0.05) is 31.5 Å². The number of nitrogens with one attached hydrogen (secondary N) is 1. The molecule has 1 aromatic carbocycles. The Morgan fingerprint density at radius 3 is 2.66 bits per heavy atom. The zero-order valence-corrected chi connectivity index (χ0v) is 17.7. The largest absolute Gasteiger partial charge is 0.339 e. The van der Waals surface area contributed by atoms with Crippen LogP contribution in [0.4, 0.5) is 5.13 Å². The van der Waals surface area contributed by atoms with E-state index in [1.807, 2.05) is 36.4 Å². The molecule has 0 atom stereocenters. The normalized spacial score (nSPS) is 15.0. The molecular weight excluding hydrogens is 384 g/mol. The lowest BCUT2D eigenvalue weighted by atomic mass is 9.96. The topological polar surface area (TPSA) is 75.2 Å². The van der Waals surface area contributed by atoms with Crippen LogP contribution < -0.4 is 5.32 Å². The third kappa shape index (κ3) is 6.49. The van der Waals surface area contributed by atoms with Crippen molar-refractivity contribution in [2.24, 2.45) is 5.92 Å². The van der Waals surface area contributed by atoms with E-state index in [0.29, 0.717) is 31.1 Å². The second-order valence-electron chi connectivity index (χ2n) is 7.29. The fourth-order valence-corrected chi connectivity index (χ4v) is 4.12. The number of amides is 2. The maximum absolute atomic E-state index is 12.5. The molecule has 154 valence electrons. The Morgan fingerprint density at radius 2 is 1.93 bits per heavy atom. The van der Waals surface area contributed by atoms with Gasteiger partial charge in [0.05, 0.1) is 0 Å². The molecule has 0 unspecified atom stereocenters. The Balaban J connectivity index is 1.43. The van der Waals surface area contributed by atoms with Gasteiger partial charge in [-0.3, -0.25) is 9.59 Å². The first-order chi connectivity index (χ1) is 14.2. The molecule has 6 nitrogen and oxygen atoms in total. The van der Waals surface area contributed by atoms with Crippen LogP contribution in [0, 0.1) is 5.92 Å². The van der Waals surface area contributed by atoms with E-state index in [-0.39, 0.29) is 17.7 Å². The van der Waals surface area contributed by atoms with Crippen LogP contribution in [-0.2, 0) is 16.0 Å². The zero-order valence-electron chi connectivity index (χ0n) is 16.8. The lowest BCUT2D eigenvalue weighted by molar-refractivity contribution is -0.130. The van der Waals surface area contributed by atoms with Crippen molar-refractivity contribution in [3.05, 3.63) is 47.0 Å². The maximum atomic E-state index is 12.5. The predicted molar refractivity (Wildman–Crippen MR) is 117 cm³/mol. The summed E-state index contributed by atoms with van der Waals surface area (Å²) in [6.45, 7) is 3.35. The first-order valence-electron chi connectivity index (χ1n) is 10.3. The van der Waals surface area contributed by atoms with E-state index < -0.39 is 0 Å². The predicted octanol–water partition coefficient (Wildman–Crippen LogP) is 4.16. The van der Waals surface area contributed by atoms with Gasteiger partial charge in [-0.25, -0.2) is 0 Å². The molecule has 7 heteroatoms. The molecule has 29 heavy (non-hydrogen) atoms. The lowest BCUT2D eigenvalue weighted by Crippen LogP contribution is -2.40. The van der Waals surface area contributed by atoms with Gasteiger partial charge >= 0.3 is 0 Å². The van der Waals surface area contributed by atoms with Crippen LogP contribution in [0.5, 0.6) is 0 Å². The molecule has 0 spiro atoms. The number of nitrogens with zero attached hydrogens (tertiary/aromatic N) is 3. The van der Waals surface area contributed by atoms with E-state index in [9.17, 15) is 9.59 Å². The fourth-order valence-electron chi connectivity index (χ4n) is 3.34. The van der Waals surface area contributed by atoms with Crippen molar-refractivity contribution >= 4 is 34.4 Å². The average Bonchev–Trinajstić information content (AvgIpc) is 3.20. The van der Waals surface area contributed by atoms with Crippen LogP contribution in [0.15, 0.2) is 36.4 Å². The minimum Gasteiger partial charge on any atom is -0.339 e. The lowest BCUT2D eigenvalue weighted by Gasteiger charge is -2.30. The molecule has 1 aromatic heterocycles. The molecule has 1 saturated heterocycles. The Bertz CT molecular complexity index is 826. The highest BCUT2D eigenvalue weighted by Crippen LogP contribution is 2.22. The number of likely N-dealkylation sites (tertiary alicyclic amines) is 1. The summed E-state index contributed by atoms with van der Waals surface area (Å²) in [7, 11) is 0. The van der Waals surface area contributed by atoms with E-state index in [2.05, 4.69) is 22.4 Å². The summed E-state index contributed by atoms with van der Waals surface area (Å²) in [5, 5.41) is 12.7. The molecule has 0 bridgehead atoms. The second-order valence-corrected chi connectivity index (χ2v) is 8.35. The number of benzene rings is 1. The van der Waals surface area contributed by atoms with Crippen molar-refractivity contribution in [3.63, 3.8) is 0 Å². The number of unbranched alkanes of at least 4 members (excludes halogenated alkanes) is 2. The van der Waals surface area contributed by atoms with Gasteiger partial charge in [-0.2, -0.15) is 0 Å². The first kappa shape index (κ1) is 21.2. The fraction of sp³-hybridized carbons (Fsp3) is 0.455. The van der Waals surface area contributed by atoms with Crippen LogP contribution in [0.1, 0.15) is 49.6 Å². The van der Waals surface area contributed by atoms with Crippen molar-refractivity contribution in [1.29, 1.82) is 0 Å². The third-order valence-corrected chi connectivity index (χ3v) is 5.98. The Morgan fingerprint density at radius 1 is 1.17 bits per heavy atom. The van der Waals surface area contributed by atoms with Crippen LogP contribution in [-0.4, -0.2) is 40.0 Å². The number of hydrogen-bond acceptors (Lipinski definition) is 5. The Labute approximate surface area is 176 Å². The number of carbonyl (C=O) groups is 2. The third-order valence-electron chi connectivity index (χ3n) is 5.09. The summed E-state index contributed by atoms with van der Waals surface area (Å²) in [5.74, 6) is -0.119. The molecule has 0 saturated carbocycles. The molecule has 1 fully saturated rings. The van der Waals surface area contributed by atoms with Gasteiger partial charge in [0.2, 0.25) is 16.9 Å². The van der Waals surface area contributed by atoms with Gasteiger partial charge in [-0.1, -0.05) is 61.4 Å². The molecule has 1 aliphatic rings. The maximum Gasteiger partial charge on any atom is 0.246 e. The first-order valence-corrected chi connectivity index (χ1v) is 11.1. The van der Waals surface area contributed by atoms with Gasteiger partial charge in [0.1, 0.15) is 5.01 Å². The molecular formula is C22H28N4O2S. The van der Waals surface area contributed by atoms with Crippen molar-refractivity contribution in [3.8, 4) is 0 Å². The SMILES string of the molecule is CCCCCc1nnc(NC(=O)C2CCN(C(=O)C=Cc3ccccc3)CC2)s1. The molecule has 0 aliphatic carbocycles. The van der Waals surface area contributed by atoms with Crippen LogP contribution in [0.2, 0.25) is 0 Å². The van der Waals surface area contributed by atoms with Crippen LogP contribution in [0.3, 0.4) is 0 Å². The molecule has 0 radical (unpaired) electrons. The van der Waals surface area contributed by atoms with Crippen LogP contribution >= 0.6 is 11.3 Å². The van der Waals surface area contributed by atoms with E-state index in [4.69, 9.17) is 0 Å². The summed E-state index contributed by atoms with van der Waals surface area (Å²) < 4.78 is 0. The van der Waals surface area contributed by atoms with E-state index >= 15 is 0 Å². The summed E-state index contributed by atoms with van der Waals surface area (Å²) in [6.07, 6.45) is 9.14. The quantitative estimate of drug-likeness (QED) is 0.522. The molecule has 2 amide bonds. The number of piperidine rings is 1. The average molecular weight is 413 g/mol. The van der Waals surface area contributed by atoms with E-state index in [0.717, 1.165) is 23.4 Å². The van der Waals surface area contributed by atoms with Gasteiger partial charge in [-0.15, -0.1) is 10.2 Å². The number of aromatic nitrogens is 2. The van der Waals surface area contributed by atoms with Gasteiger partial charge in [0.15, 0.2) is 0 Å².